The Morgan fingerprint density at radius 3 is 2.56 bits per heavy atom. The molecule has 0 saturated carbocycles. The summed E-state index contributed by atoms with van der Waals surface area (Å²) in [5.74, 6) is 0. The zero-order valence-electron chi connectivity index (χ0n) is 10.5. The smallest absolute Gasteiger partial charge is 0.193 e. The molecule has 0 saturated heterocycles. The number of nitrogens with zero attached hydrogens (tertiary/aromatic N) is 3. The van der Waals surface area contributed by atoms with E-state index in [4.69, 9.17) is 0 Å². The number of aromatic nitrogens is 3. The second-order valence-corrected chi connectivity index (χ2v) is 5.16. The van der Waals surface area contributed by atoms with Crippen LogP contribution in [0.25, 0.3) is 0 Å². The van der Waals surface area contributed by atoms with E-state index in [0.717, 1.165) is 16.7 Å². The van der Waals surface area contributed by atoms with E-state index in [9.17, 15) is 0 Å². The van der Waals surface area contributed by atoms with Crippen LogP contribution in [0, 0.1) is 0 Å². The van der Waals surface area contributed by atoms with Crippen molar-refractivity contribution in [3.63, 3.8) is 0 Å². The highest BCUT2D eigenvalue weighted by atomic mass is 32.2. The van der Waals surface area contributed by atoms with Gasteiger partial charge in [0.25, 0.3) is 0 Å². The Bertz CT molecular complexity index is 470. The minimum atomic E-state index is 0.483. The Labute approximate surface area is 111 Å². The van der Waals surface area contributed by atoms with E-state index in [2.05, 4.69) is 40.2 Å². The number of pyridine rings is 1. The van der Waals surface area contributed by atoms with Crippen LogP contribution in [-0.2, 0) is 6.54 Å². The average Bonchev–Trinajstić information content (AvgIpc) is 2.39. The van der Waals surface area contributed by atoms with Crippen LogP contribution >= 0.6 is 11.8 Å². The molecule has 0 aromatic carbocycles. The van der Waals surface area contributed by atoms with Crippen molar-refractivity contribution in [2.45, 2.75) is 36.6 Å². The van der Waals surface area contributed by atoms with Gasteiger partial charge in [-0.3, -0.25) is 0 Å². The molecule has 0 aliphatic heterocycles. The van der Waals surface area contributed by atoms with E-state index < -0.39 is 0 Å². The zero-order chi connectivity index (χ0) is 12.8. The summed E-state index contributed by atoms with van der Waals surface area (Å²) in [6, 6.07) is 6.36. The van der Waals surface area contributed by atoms with Crippen molar-refractivity contribution in [2.24, 2.45) is 0 Å². The predicted octanol–water partition coefficient (Wildman–Crippen LogP) is 2.52. The zero-order valence-corrected chi connectivity index (χ0v) is 11.3. The molecule has 18 heavy (non-hydrogen) atoms. The molecule has 0 bridgehead atoms. The fourth-order valence-electron chi connectivity index (χ4n) is 1.33. The van der Waals surface area contributed by atoms with Crippen LogP contribution in [0.1, 0.15) is 19.4 Å². The van der Waals surface area contributed by atoms with Gasteiger partial charge in [0.05, 0.1) is 0 Å². The van der Waals surface area contributed by atoms with Crippen molar-refractivity contribution >= 4 is 11.8 Å². The molecule has 2 rings (SSSR count). The molecule has 0 atom stereocenters. The summed E-state index contributed by atoms with van der Waals surface area (Å²) >= 11 is 1.47. The molecular weight excluding hydrogens is 244 g/mol. The van der Waals surface area contributed by atoms with Gasteiger partial charge in [-0.15, -0.1) is 0 Å². The Balaban J connectivity index is 1.95. The van der Waals surface area contributed by atoms with Crippen LogP contribution in [0.3, 0.4) is 0 Å². The molecule has 0 spiro atoms. The van der Waals surface area contributed by atoms with Crippen LogP contribution in [-0.4, -0.2) is 21.0 Å². The number of hydrogen-bond donors (Lipinski definition) is 1. The highest BCUT2D eigenvalue weighted by molar-refractivity contribution is 7.99. The fraction of sp³-hybridized carbons (Fsp3) is 0.308. The summed E-state index contributed by atoms with van der Waals surface area (Å²) in [5, 5.41) is 4.99. The van der Waals surface area contributed by atoms with Crippen LogP contribution in [0.4, 0.5) is 0 Å². The minimum Gasteiger partial charge on any atom is -0.310 e. The van der Waals surface area contributed by atoms with Crippen LogP contribution < -0.4 is 5.32 Å². The third kappa shape index (κ3) is 4.09. The molecule has 0 aliphatic rings. The maximum Gasteiger partial charge on any atom is 0.193 e. The van der Waals surface area contributed by atoms with Gasteiger partial charge in [-0.25, -0.2) is 15.0 Å². The van der Waals surface area contributed by atoms with Gasteiger partial charge >= 0.3 is 0 Å². The molecule has 2 aromatic heterocycles. The minimum absolute atomic E-state index is 0.483. The number of nitrogens with one attached hydrogen (secondary N) is 1. The quantitative estimate of drug-likeness (QED) is 0.837. The molecule has 0 fully saturated rings. The Morgan fingerprint density at radius 1 is 1.17 bits per heavy atom. The van der Waals surface area contributed by atoms with Crippen molar-refractivity contribution in [1.29, 1.82) is 0 Å². The van der Waals surface area contributed by atoms with Crippen molar-refractivity contribution in [1.82, 2.24) is 20.3 Å². The fourth-order valence-corrected chi connectivity index (χ4v) is 1.99. The van der Waals surface area contributed by atoms with E-state index >= 15 is 0 Å². The van der Waals surface area contributed by atoms with E-state index in [1.165, 1.54) is 17.3 Å². The molecule has 0 aliphatic carbocycles. The molecular formula is C13H16N4S. The topological polar surface area (TPSA) is 50.7 Å². The Kier molecular flexibility index (Phi) is 4.66. The largest absolute Gasteiger partial charge is 0.310 e. The van der Waals surface area contributed by atoms with Crippen molar-refractivity contribution in [3.8, 4) is 0 Å². The van der Waals surface area contributed by atoms with Crippen LogP contribution in [0.15, 0.2) is 47.0 Å². The maximum absolute atomic E-state index is 4.39. The third-order valence-electron chi connectivity index (χ3n) is 2.25. The molecule has 0 amide bonds. The van der Waals surface area contributed by atoms with Gasteiger partial charge in [-0.2, -0.15) is 0 Å². The van der Waals surface area contributed by atoms with E-state index in [1.54, 1.807) is 18.5 Å². The summed E-state index contributed by atoms with van der Waals surface area (Å²) in [5.41, 5.74) is 1.18. The Hall–Kier alpha value is -1.46. The van der Waals surface area contributed by atoms with Gasteiger partial charge in [0, 0.05) is 31.2 Å². The summed E-state index contributed by atoms with van der Waals surface area (Å²) in [7, 11) is 0. The van der Waals surface area contributed by atoms with Crippen LogP contribution in [0.2, 0.25) is 0 Å². The van der Waals surface area contributed by atoms with Gasteiger partial charge in [-0.05, 0) is 29.5 Å². The van der Waals surface area contributed by atoms with Crippen molar-refractivity contribution < 1.29 is 0 Å². The molecule has 4 nitrogen and oxygen atoms in total. The SMILES string of the molecule is CC(C)NCc1ccc(Sc2ncccn2)nc1. The standard InChI is InChI=1S/C13H16N4S/c1-10(2)16-8-11-4-5-12(17-9-11)18-13-14-6-3-7-15-13/h3-7,9-10,16H,8H2,1-2H3. The first-order valence-electron chi connectivity index (χ1n) is 5.87. The first-order valence-corrected chi connectivity index (χ1v) is 6.69. The lowest BCUT2D eigenvalue weighted by Crippen LogP contribution is -2.21. The van der Waals surface area contributed by atoms with E-state index in [1.807, 2.05) is 12.3 Å². The lowest BCUT2D eigenvalue weighted by molar-refractivity contribution is 0.587. The lowest BCUT2D eigenvalue weighted by Gasteiger charge is -2.07. The normalized spacial score (nSPS) is 10.8. The lowest BCUT2D eigenvalue weighted by atomic mass is 10.2. The van der Waals surface area contributed by atoms with Gasteiger partial charge < -0.3 is 5.32 Å². The average molecular weight is 260 g/mol. The summed E-state index contributed by atoms with van der Waals surface area (Å²) in [6.45, 7) is 5.10. The van der Waals surface area contributed by atoms with E-state index in [0.29, 0.717) is 6.04 Å². The molecule has 0 unspecified atom stereocenters. The summed E-state index contributed by atoms with van der Waals surface area (Å²) < 4.78 is 0. The number of rotatable bonds is 5. The van der Waals surface area contributed by atoms with Gasteiger partial charge in [0.1, 0.15) is 5.03 Å². The summed E-state index contributed by atoms with van der Waals surface area (Å²) in [4.78, 5) is 12.7. The number of hydrogen-bond acceptors (Lipinski definition) is 5. The molecule has 2 heterocycles. The van der Waals surface area contributed by atoms with Crippen LogP contribution in [0.5, 0.6) is 0 Å². The highest BCUT2D eigenvalue weighted by Gasteiger charge is 2.01. The maximum atomic E-state index is 4.39. The summed E-state index contributed by atoms with van der Waals surface area (Å²) in [6.07, 6.45) is 5.35. The molecule has 2 aromatic rings. The molecule has 94 valence electrons. The van der Waals surface area contributed by atoms with Crippen molar-refractivity contribution in [3.05, 3.63) is 42.4 Å². The van der Waals surface area contributed by atoms with E-state index in [-0.39, 0.29) is 0 Å². The molecule has 5 heteroatoms. The highest BCUT2D eigenvalue weighted by Crippen LogP contribution is 2.21. The van der Waals surface area contributed by atoms with Gasteiger partial charge in [0.15, 0.2) is 5.16 Å². The second kappa shape index (κ2) is 6.47. The van der Waals surface area contributed by atoms with Gasteiger partial charge in [-0.1, -0.05) is 19.9 Å². The molecule has 0 radical (unpaired) electrons. The predicted molar refractivity (Wildman–Crippen MR) is 72.4 cm³/mol. The Morgan fingerprint density at radius 2 is 1.94 bits per heavy atom. The van der Waals surface area contributed by atoms with Crippen molar-refractivity contribution in [2.75, 3.05) is 0 Å². The third-order valence-corrected chi connectivity index (χ3v) is 3.09. The second-order valence-electron chi connectivity index (χ2n) is 4.17. The first kappa shape index (κ1) is 13.0. The molecule has 1 N–H and O–H groups in total. The first-order chi connectivity index (χ1) is 8.74. The van der Waals surface area contributed by atoms with Gasteiger partial charge in [0.2, 0.25) is 0 Å². The monoisotopic (exact) mass is 260 g/mol.